The van der Waals surface area contributed by atoms with Crippen LogP contribution < -0.4 is 24.6 Å². The maximum Gasteiger partial charge on any atom is 0.255 e. The number of imide groups is 1. The number of hydrogen-bond acceptors (Lipinski definition) is 11. The first-order valence-electron chi connectivity index (χ1n) is 19.9. The van der Waals surface area contributed by atoms with Crippen LogP contribution in [-0.4, -0.2) is 107 Å². The van der Waals surface area contributed by atoms with Gasteiger partial charge < -0.3 is 29.3 Å². The van der Waals surface area contributed by atoms with E-state index in [1.165, 1.54) is 5.56 Å². The third kappa shape index (κ3) is 6.27. The molecule has 0 bridgehead atoms. The van der Waals surface area contributed by atoms with Crippen molar-refractivity contribution in [2.75, 3.05) is 62.3 Å². The summed E-state index contributed by atoms with van der Waals surface area (Å²) >= 11 is 0. The Morgan fingerprint density at radius 1 is 0.821 bits per heavy atom. The number of piperazine rings is 1. The number of carbonyl (C=O) groups excluding carboxylic acids is 3. The minimum atomic E-state index is -0.631. The maximum absolute atomic E-state index is 13.4. The third-order valence-corrected chi connectivity index (χ3v) is 12.7. The number of benzene rings is 3. The molecule has 13 heteroatoms. The molecule has 3 saturated heterocycles. The summed E-state index contributed by atoms with van der Waals surface area (Å²) in [6, 6.07) is 19.3. The van der Waals surface area contributed by atoms with Crippen LogP contribution in [0, 0.1) is 5.92 Å². The molecule has 13 nitrogen and oxygen atoms in total. The van der Waals surface area contributed by atoms with Gasteiger partial charge in [-0.1, -0.05) is 36.4 Å². The molecule has 6 aliphatic heterocycles. The molecule has 1 aromatic heterocycles. The molecule has 0 saturated carbocycles. The molecule has 6 aliphatic rings. The normalized spacial score (nSPS) is 25.1. The fraction of sp³-hybridized carbons (Fsp3) is 0.419. The molecule has 7 heterocycles. The zero-order chi connectivity index (χ0) is 37.9. The van der Waals surface area contributed by atoms with Crippen LogP contribution in [0.4, 0.5) is 11.6 Å². The van der Waals surface area contributed by atoms with E-state index in [1.807, 2.05) is 30.6 Å². The number of rotatable bonds is 6. The summed E-state index contributed by atoms with van der Waals surface area (Å²) < 4.78 is 12.4. The van der Waals surface area contributed by atoms with Crippen molar-refractivity contribution in [1.29, 1.82) is 0 Å². The SMILES string of the molecule is O=C1CCC(N2Cc3cc4c(cc3C2=O)OC[C@@H]2CN(CC3CCN(c5ncc([C@@H]6c7ccc(O)cc7OC[C@@H]6c6ccccc6)cn5)CC3)CCN42)C(=O)N1. The first-order chi connectivity index (χ1) is 27.4. The Hall–Kier alpha value is -5.69. The maximum atomic E-state index is 13.4. The summed E-state index contributed by atoms with van der Waals surface area (Å²) in [7, 11) is 0. The van der Waals surface area contributed by atoms with Crippen LogP contribution in [0.15, 0.2) is 73.1 Å². The average Bonchev–Trinajstić information content (AvgIpc) is 3.54. The second kappa shape index (κ2) is 14.1. The lowest BCUT2D eigenvalue weighted by Crippen LogP contribution is -2.58. The second-order valence-corrected chi connectivity index (χ2v) is 16.1. The van der Waals surface area contributed by atoms with Crippen molar-refractivity contribution in [2.45, 2.75) is 56.1 Å². The van der Waals surface area contributed by atoms with Gasteiger partial charge in [0.25, 0.3) is 5.91 Å². The minimum Gasteiger partial charge on any atom is -0.508 e. The predicted octanol–water partition coefficient (Wildman–Crippen LogP) is 4.05. The van der Waals surface area contributed by atoms with Crippen molar-refractivity contribution in [3.05, 3.63) is 101 Å². The summed E-state index contributed by atoms with van der Waals surface area (Å²) in [6.07, 6.45) is 6.68. The molecule has 288 valence electrons. The molecule has 3 aromatic carbocycles. The van der Waals surface area contributed by atoms with E-state index in [0.29, 0.717) is 43.4 Å². The van der Waals surface area contributed by atoms with E-state index >= 15 is 0 Å². The van der Waals surface area contributed by atoms with Gasteiger partial charge in [-0.2, -0.15) is 0 Å². The second-order valence-electron chi connectivity index (χ2n) is 16.1. The average molecular weight is 756 g/mol. The summed E-state index contributed by atoms with van der Waals surface area (Å²) in [6.45, 7) is 7.06. The van der Waals surface area contributed by atoms with Crippen molar-refractivity contribution >= 4 is 29.4 Å². The van der Waals surface area contributed by atoms with Crippen LogP contribution in [0.5, 0.6) is 17.2 Å². The number of phenols is 1. The number of piperidine rings is 2. The number of carbonyl (C=O) groups is 3. The van der Waals surface area contributed by atoms with Crippen LogP contribution >= 0.6 is 0 Å². The van der Waals surface area contributed by atoms with Crippen LogP contribution in [0.3, 0.4) is 0 Å². The van der Waals surface area contributed by atoms with Gasteiger partial charge in [0, 0.05) is 93.7 Å². The Balaban J connectivity index is 0.757. The lowest BCUT2D eigenvalue weighted by molar-refractivity contribution is -0.136. The zero-order valence-electron chi connectivity index (χ0n) is 31.2. The van der Waals surface area contributed by atoms with E-state index in [1.54, 1.807) is 17.0 Å². The molecule has 2 N–H and O–H groups in total. The highest BCUT2D eigenvalue weighted by Crippen LogP contribution is 2.47. The predicted molar refractivity (Wildman–Crippen MR) is 207 cm³/mol. The van der Waals surface area contributed by atoms with E-state index in [2.05, 4.69) is 50.3 Å². The van der Waals surface area contributed by atoms with Gasteiger partial charge in [-0.15, -0.1) is 0 Å². The van der Waals surface area contributed by atoms with Gasteiger partial charge in [0.2, 0.25) is 17.8 Å². The molecule has 4 aromatic rings. The number of amides is 3. The Bertz CT molecular complexity index is 2180. The Kier molecular flexibility index (Phi) is 8.76. The third-order valence-electron chi connectivity index (χ3n) is 12.7. The van der Waals surface area contributed by atoms with Crippen LogP contribution in [0.25, 0.3) is 0 Å². The Morgan fingerprint density at radius 3 is 2.43 bits per heavy atom. The number of nitrogens with one attached hydrogen (secondary N) is 1. The number of aromatic hydroxyl groups is 1. The van der Waals surface area contributed by atoms with Crippen molar-refractivity contribution in [3.63, 3.8) is 0 Å². The van der Waals surface area contributed by atoms with Gasteiger partial charge in [0.05, 0.1) is 18.3 Å². The number of anilines is 2. The zero-order valence-corrected chi connectivity index (χ0v) is 31.2. The summed E-state index contributed by atoms with van der Waals surface area (Å²) in [5, 5.41) is 12.5. The van der Waals surface area contributed by atoms with E-state index in [0.717, 1.165) is 86.2 Å². The van der Waals surface area contributed by atoms with E-state index in [4.69, 9.17) is 19.4 Å². The molecule has 3 amide bonds. The Labute approximate surface area is 325 Å². The topological polar surface area (TPSA) is 141 Å². The van der Waals surface area contributed by atoms with Gasteiger partial charge in [-0.3, -0.25) is 24.6 Å². The lowest BCUT2D eigenvalue weighted by atomic mass is 9.76. The van der Waals surface area contributed by atoms with Crippen LogP contribution in [0.1, 0.15) is 70.1 Å². The van der Waals surface area contributed by atoms with Gasteiger partial charge in [-0.25, -0.2) is 9.97 Å². The van der Waals surface area contributed by atoms with Gasteiger partial charge in [0.15, 0.2) is 0 Å². The van der Waals surface area contributed by atoms with E-state index < -0.39 is 11.9 Å². The van der Waals surface area contributed by atoms with E-state index in [9.17, 15) is 19.5 Å². The highest BCUT2D eigenvalue weighted by Gasteiger charge is 2.42. The van der Waals surface area contributed by atoms with Crippen molar-refractivity contribution in [2.24, 2.45) is 5.92 Å². The van der Waals surface area contributed by atoms with Crippen molar-refractivity contribution < 1.29 is 29.0 Å². The first kappa shape index (κ1) is 34.8. The molecule has 3 fully saturated rings. The Morgan fingerprint density at radius 2 is 1.62 bits per heavy atom. The number of fused-ring (bicyclic) bond motifs is 5. The van der Waals surface area contributed by atoms with Gasteiger partial charge in [-0.05, 0) is 60.1 Å². The highest BCUT2D eigenvalue weighted by molar-refractivity contribution is 6.06. The molecule has 56 heavy (non-hydrogen) atoms. The first-order valence-corrected chi connectivity index (χ1v) is 19.9. The fourth-order valence-electron chi connectivity index (χ4n) is 9.79. The number of nitrogens with zero attached hydrogens (tertiary/aromatic N) is 6. The van der Waals surface area contributed by atoms with Crippen molar-refractivity contribution in [1.82, 2.24) is 25.1 Å². The van der Waals surface area contributed by atoms with Crippen LogP contribution in [-0.2, 0) is 16.1 Å². The number of ether oxygens (including phenoxy) is 2. The molecule has 1 unspecified atom stereocenters. The monoisotopic (exact) mass is 755 g/mol. The fourth-order valence-corrected chi connectivity index (χ4v) is 9.79. The number of hydrogen-bond donors (Lipinski definition) is 2. The summed E-state index contributed by atoms with van der Waals surface area (Å²) in [4.78, 5) is 56.3. The molecular weight excluding hydrogens is 711 g/mol. The molecule has 0 radical (unpaired) electrons. The number of aromatic nitrogens is 2. The van der Waals surface area contributed by atoms with Gasteiger partial charge in [0.1, 0.15) is 29.9 Å². The molecule has 4 atom stereocenters. The molecule has 10 rings (SSSR count). The summed E-state index contributed by atoms with van der Waals surface area (Å²) in [5.41, 5.74) is 5.78. The standard InChI is InChI=1S/C43H45N7O6/c51-31-6-7-32-37(17-31)56-25-34(27-4-2-1-3-5-27)40(32)29-19-44-43(45-20-29)48-12-10-26(11-13-48)21-47-14-15-49-30(23-47)24-55-38-18-33-28(16-36(38)49)22-50(42(33)54)35-8-9-39(52)46-41(35)53/h1-7,16-20,26,30,34-35,40,51H,8-15,21-25H2,(H,46,52,53)/t30-,34+,35?,40+/m0/s1. The van der Waals surface area contributed by atoms with E-state index in [-0.39, 0.29) is 41.9 Å². The molecule has 0 aliphatic carbocycles. The molecule has 0 spiro atoms. The number of phenolic OH excluding ortho intramolecular Hbond substituents is 1. The van der Waals surface area contributed by atoms with Gasteiger partial charge >= 0.3 is 0 Å². The minimum absolute atomic E-state index is 0.00501. The lowest BCUT2D eigenvalue weighted by Gasteiger charge is -2.46. The summed E-state index contributed by atoms with van der Waals surface area (Å²) in [5.74, 6) is 2.21. The van der Waals surface area contributed by atoms with Crippen LogP contribution in [0.2, 0.25) is 0 Å². The largest absolute Gasteiger partial charge is 0.508 e. The quantitative estimate of drug-likeness (QED) is 0.276. The highest BCUT2D eigenvalue weighted by atomic mass is 16.5. The smallest absolute Gasteiger partial charge is 0.255 e. The van der Waals surface area contributed by atoms with Crippen molar-refractivity contribution in [3.8, 4) is 17.2 Å². The molecular formula is C43H45N7O6.